The fourth-order valence-corrected chi connectivity index (χ4v) is 2.54. The monoisotopic (exact) mass is 210 g/mol. The van der Waals surface area contributed by atoms with Crippen molar-refractivity contribution >= 4 is 5.91 Å². The number of carbonyl (C=O) groups is 1. The predicted molar refractivity (Wildman–Crippen MR) is 55.2 cm³/mol. The van der Waals surface area contributed by atoms with Crippen molar-refractivity contribution in [2.24, 2.45) is 11.8 Å². The minimum Gasteiger partial charge on any atom is -0.386 e. The highest BCUT2D eigenvalue weighted by molar-refractivity contribution is 5.78. The third kappa shape index (κ3) is 1.66. The Hall–Kier alpha value is -0.610. The van der Waals surface area contributed by atoms with E-state index in [1.54, 1.807) is 0 Å². The van der Waals surface area contributed by atoms with E-state index in [1.165, 1.54) is 0 Å². The summed E-state index contributed by atoms with van der Waals surface area (Å²) in [5.74, 6) is 1.24. The number of hydrogen-bond acceptors (Lipinski definition) is 3. The zero-order valence-corrected chi connectivity index (χ0v) is 8.91. The van der Waals surface area contributed by atoms with Crippen LogP contribution in [0.2, 0.25) is 0 Å². The van der Waals surface area contributed by atoms with Gasteiger partial charge < -0.3 is 15.3 Å². The molecule has 0 spiro atoms. The van der Waals surface area contributed by atoms with Crippen molar-refractivity contribution in [1.82, 2.24) is 10.2 Å². The molecule has 15 heavy (non-hydrogen) atoms. The van der Waals surface area contributed by atoms with Crippen LogP contribution in [0.4, 0.5) is 0 Å². The Bertz CT molecular complexity index is 278. The largest absolute Gasteiger partial charge is 0.386 e. The molecule has 2 aliphatic heterocycles. The van der Waals surface area contributed by atoms with Crippen LogP contribution in [0.3, 0.4) is 0 Å². The minimum atomic E-state index is -0.520. The number of nitrogens with one attached hydrogen (secondary N) is 1. The maximum Gasteiger partial charge on any atom is 0.223 e. The fourth-order valence-electron chi connectivity index (χ4n) is 2.54. The molecule has 2 heterocycles. The number of rotatable bonds is 3. The summed E-state index contributed by atoms with van der Waals surface area (Å²) in [5.41, 5.74) is -0.520. The highest BCUT2D eigenvalue weighted by Gasteiger charge is 2.53. The lowest BCUT2D eigenvalue weighted by Crippen LogP contribution is -2.65. The van der Waals surface area contributed by atoms with E-state index in [0.717, 1.165) is 25.9 Å². The summed E-state index contributed by atoms with van der Waals surface area (Å²) in [6.07, 6.45) is 2.95. The lowest BCUT2D eigenvalue weighted by atomic mass is 9.87. The normalized spacial score (nSPS) is 29.5. The van der Waals surface area contributed by atoms with Gasteiger partial charge in [-0.3, -0.25) is 4.79 Å². The van der Waals surface area contributed by atoms with E-state index in [4.69, 9.17) is 0 Å². The average molecular weight is 210 g/mol. The first kappa shape index (κ1) is 9.60. The zero-order chi connectivity index (χ0) is 10.5. The number of β-amino-alcohol motifs (C(OH)–C–C–N with tert-alkyl or cyclic N) is 1. The van der Waals surface area contributed by atoms with Crippen LogP contribution in [0.25, 0.3) is 0 Å². The summed E-state index contributed by atoms with van der Waals surface area (Å²) < 4.78 is 0. The second-order valence-corrected chi connectivity index (χ2v) is 5.36. The third-order valence-corrected chi connectivity index (χ3v) is 3.95. The summed E-state index contributed by atoms with van der Waals surface area (Å²) in [5, 5.41) is 13.2. The molecular weight excluding hydrogens is 192 g/mol. The van der Waals surface area contributed by atoms with E-state index in [0.29, 0.717) is 31.3 Å². The molecule has 0 atom stereocenters. The van der Waals surface area contributed by atoms with Gasteiger partial charge >= 0.3 is 0 Å². The van der Waals surface area contributed by atoms with Crippen molar-refractivity contribution in [2.75, 3.05) is 26.2 Å². The second kappa shape index (κ2) is 3.19. The molecule has 4 heteroatoms. The molecule has 0 aromatic carbocycles. The number of carbonyl (C=O) groups excluding carboxylic acids is 1. The van der Waals surface area contributed by atoms with E-state index in [1.807, 2.05) is 4.90 Å². The van der Waals surface area contributed by atoms with Crippen molar-refractivity contribution in [1.29, 1.82) is 0 Å². The summed E-state index contributed by atoms with van der Waals surface area (Å²) in [6.45, 7) is 3.12. The van der Waals surface area contributed by atoms with Gasteiger partial charge in [0, 0.05) is 6.42 Å². The van der Waals surface area contributed by atoms with Gasteiger partial charge in [0.2, 0.25) is 5.91 Å². The van der Waals surface area contributed by atoms with E-state index < -0.39 is 5.60 Å². The Morgan fingerprint density at radius 3 is 2.53 bits per heavy atom. The average Bonchev–Trinajstić information content (AvgIpc) is 2.88. The smallest absolute Gasteiger partial charge is 0.223 e. The van der Waals surface area contributed by atoms with Gasteiger partial charge in [-0.05, 0) is 37.8 Å². The lowest BCUT2D eigenvalue weighted by molar-refractivity contribution is -0.160. The number of amides is 1. The lowest BCUT2D eigenvalue weighted by Gasteiger charge is -2.47. The molecule has 84 valence electrons. The third-order valence-electron chi connectivity index (χ3n) is 3.95. The van der Waals surface area contributed by atoms with Gasteiger partial charge in [-0.25, -0.2) is 0 Å². The Kier molecular flexibility index (Phi) is 2.04. The molecule has 0 aromatic rings. The Morgan fingerprint density at radius 1 is 1.40 bits per heavy atom. The highest BCUT2D eigenvalue weighted by Crippen LogP contribution is 2.44. The van der Waals surface area contributed by atoms with E-state index in [-0.39, 0.29) is 5.91 Å². The van der Waals surface area contributed by atoms with E-state index >= 15 is 0 Å². The SMILES string of the molecule is O=C(CC1CNC1)N1CC(O)(C2CC2)C1. The maximum absolute atomic E-state index is 11.7. The molecule has 4 nitrogen and oxygen atoms in total. The number of aliphatic hydroxyl groups is 1. The molecule has 1 saturated carbocycles. The standard InChI is InChI=1S/C11H18N2O2/c14-10(3-8-4-12-5-8)13-6-11(15,7-13)9-1-2-9/h8-9,12,15H,1-7H2. The van der Waals surface area contributed by atoms with Crippen LogP contribution in [0.5, 0.6) is 0 Å². The zero-order valence-electron chi connectivity index (χ0n) is 8.91. The molecular formula is C11H18N2O2. The van der Waals surface area contributed by atoms with Crippen molar-refractivity contribution < 1.29 is 9.90 Å². The van der Waals surface area contributed by atoms with Crippen molar-refractivity contribution in [2.45, 2.75) is 24.9 Å². The summed E-state index contributed by atoms with van der Waals surface area (Å²) in [7, 11) is 0. The molecule has 1 aliphatic carbocycles. The molecule has 1 amide bonds. The van der Waals surface area contributed by atoms with Crippen LogP contribution in [-0.2, 0) is 4.79 Å². The van der Waals surface area contributed by atoms with Crippen molar-refractivity contribution in [3.63, 3.8) is 0 Å². The number of hydrogen-bond donors (Lipinski definition) is 2. The molecule has 2 saturated heterocycles. The van der Waals surface area contributed by atoms with Gasteiger partial charge in [-0.15, -0.1) is 0 Å². The van der Waals surface area contributed by atoms with E-state index in [2.05, 4.69) is 5.32 Å². The summed E-state index contributed by atoms with van der Waals surface area (Å²) >= 11 is 0. The van der Waals surface area contributed by atoms with Gasteiger partial charge in [-0.2, -0.15) is 0 Å². The van der Waals surface area contributed by atoms with E-state index in [9.17, 15) is 9.90 Å². The minimum absolute atomic E-state index is 0.229. The summed E-state index contributed by atoms with van der Waals surface area (Å²) in [6, 6.07) is 0. The molecule has 2 N–H and O–H groups in total. The van der Waals surface area contributed by atoms with Crippen molar-refractivity contribution in [3.8, 4) is 0 Å². The van der Waals surface area contributed by atoms with Gasteiger partial charge in [0.1, 0.15) is 5.60 Å². The first-order valence-electron chi connectivity index (χ1n) is 5.88. The number of nitrogens with zero attached hydrogens (tertiary/aromatic N) is 1. The molecule has 0 bridgehead atoms. The molecule has 0 radical (unpaired) electrons. The van der Waals surface area contributed by atoms with Crippen LogP contribution >= 0.6 is 0 Å². The molecule has 3 rings (SSSR count). The Labute approximate surface area is 89.6 Å². The van der Waals surface area contributed by atoms with Crippen molar-refractivity contribution in [3.05, 3.63) is 0 Å². The van der Waals surface area contributed by atoms with Gasteiger partial charge in [0.15, 0.2) is 0 Å². The molecule has 0 aromatic heterocycles. The Balaban J connectivity index is 1.46. The first-order valence-corrected chi connectivity index (χ1v) is 5.88. The van der Waals surface area contributed by atoms with Crippen LogP contribution in [0.15, 0.2) is 0 Å². The van der Waals surface area contributed by atoms with Gasteiger partial charge in [0.05, 0.1) is 13.1 Å². The van der Waals surface area contributed by atoms with Gasteiger partial charge in [0.25, 0.3) is 0 Å². The summed E-state index contributed by atoms with van der Waals surface area (Å²) in [4.78, 5) is 13.6. The van der Waals surface area contributed by atoms with Crippen LogP contribution in [0.1, 0.15) is 19.3 Å². The highest BCUT2D eigenvalue weighted by atomic mass is 16.3. The molecule has 3 aliphatic rings. The van der Waals surface area contributed by atoms with Crippen LogP contribution in [-0.4, -0.2) is 47.7 Å². The second-order valence-electron chi connectivity index (χ2n) is 5.36. The predicted octanol–water partition coefficient (Wildman–Crippen LogP) is -0.421. The topological polar surface area (TPSA) is 52.6 Å². The quantitative estimate of drug-likeness (QED) is 0.665. The Morgan fingerprint density at radius 2 is 2.07 bits per heavy atom. The maximum atomic E-state index is 11.7. The van der Waals surface area contributed by atoms with Crippen LogP contribution < -0.4 is 5.32 Å². The number of likely N-dealkylation sites (tertiary alicyclic amines) is 1. The first-order chi connectivity index (χ1) is 7.17. The fraction of sp³-hybridized carbons (Fsp3) is 0.909. The van der Waals surface area contributed by atoms with Crippen LogP contribution in [0, 0.1) is 11.8 Å². The molecule has 0 unspecified atom stereocenters. The van der Waals surface area contributed by atoms with Gasteiger partial charge in [-0.1, -0.05) is 0 Å². The molecule has 3 fully saturated rings.